The zero-order chi connectivity index (χ0) is 22.1. The molecule has 0 aromatic carbocycles. The Bertz CT molecular complexity index is 818. The number of esters is 1. The average Bonchev–Trinajstić information content (AvgIpc) is 2.93. The molecule has 4 aliphatic rings. The van der Waals surface area contributed by atoms with E-state index in [0.29, 0.717) is 25.7 Å². The molecular formula is C23H32O7. The highest BCUT2D eigenvalue weighted by molar-refractivity contribution is 5.92. The number of rotatable bonds is 3. The first-order chi connectivity index (χ1) is 14.0. The SMILES string of the molecule is CC(=O)OC1C[C@@H]2[C@H]([C@@H](O)C[C@@]3(C)[C@H]2CC[C@]3(O)C(=O)CO)[C@@]2(C)CCC(=O)C=C12. The first kappa shape index (κ1) is 21.7. The minimum absolute atomic E-state index is 0.0111. The lowest BCUT2D eigenvalue weighted by Crippen LogP contribution is -2.63. The van der Waals surface area contributed by atoms with Gasteiger partial charge in [0.1, 0.15) is 18.3 Å². The first-order valence-electron chi connectivity index (χ1n) is 10.9. The van der Waals surface area contributed by atoms with Crippen LogP contribution < -0.4 is 0 Å². The van der Waals surface area contributed by atoms with E-state index >= 15 is 0 Å². The van der Waals surface area contributed by atoms with Gasteiger partial charge in [-0.25, -0.2) is 0 Å². The number of ether oxygens (including phenoxy) is 1. The fourth-order valence-corrected chi connectivity index (χ4v) is 7.62. The van der Waals surface area contributed by atoms with Crippen LogP contribution in [0.2, 0.25) is 0 Å². The summed E-state index contributed by atoms with van der Waals surface area (Å²) in [5.74, 6) is -1.28. The molecule has 0 saturated heterocycles. The number of carbonyl (C=O) groups excluding carboxylic acids is 3. The zero-order valence-corrected chi connectivity index (χ0v) is 17.9. The third kappa shape index (κ3) is 2.78. The van der Waals surface area contributed by atoms with Crippen LogP contribution in [0.25, 0.3) is 0 Å². The Morgan fingerprint density at radius 1 is 1.27 bits per heavy atom. The lowest BCUT2D eigenvalue weighted by atomic mass is 9.45. The lowest BCUT2D eigenvalue weighted by molar-refractivity contribution is -0.190. The van der Waals surface area contributed by atoms with E-state index in [1.54, 1.807) is 6.08 Å². The summed E-state index contributed by atoms with van der Waals surface area (Å²) < 4.78 is 5.65. The van der Waals surface area contributed by atoms with Crippen molar-refractivity contribution in [2.75, 3.05) is 6.61 Å². The maximum Gasteiger partial charge on any atom is 0.303 e. The molecule has 0 spiro atoms. The van der Waals surface area contributed by atoms with E-state index in [4.69, 9.17) is 4.74 Å². The third-order valence-electron chi connectivity index (χ3n) is 8.95. The number of Topliss-reactive ketones (excluding diaryl/α,β-unsaturated/α-hetero) is 1. The predicted molar refractivity (Wildman–Crippen MR) is 106 cm³/mol. The molecule has 4 aliphatic carbocycles. The van der Waals surface area contributed by atoms with Gasteiger partial charge in [0, 0.05) is 18.8 Å². The van der Waals surface area contributed by atoms with E-state index in [9.17, 15) is 29.7 Å². The number of hydrogen-bond acceptors (Lipinski definition) is 7. The van der Waals surface area contributed by atoms with Gasteiger partial charge in [0.2, 0.25) is 0 Å². The smallest absolute Gasteiger partial charge is 0.303 e. The van der Waals surface area contributed by atoms with Crippen LogP contribution in [0.1, 0.15) is 59.3 Å². The quantitative estimate of drug-likeness (QED) is 0.589. The van der Waals surface area contributed by atoms with Gasteiger partial charge in [-0.1, -0.05) is 13.8 Å². The van der Waals surface area contributed by atoms with Crippen LogP contribution in [0.3, 0.4) is 0 Å². The average molecular weight is 421 g/mol. The van der Waals surface area contributed by atoms with Crippen molar-refractivity contribution in [1.29, 1.82) is 0 Å². The summed E-state index contributed by atoms with van der Waals surface area (Å²) in [6.45, 7) is 4.51. The zero-order valence-electron chi connectivity index (χ0n) is 17.9. The van der Waals surface area contributed by atoms with Crippen molar-refractivity contribution >= 4 is 17.5 Å². The van der Waals surface area contributed by atoms with Crippen LogP contribution in [0.5, 0.6) is 0 Å². The summed E-state index contributed by atoms with van der Waals surface area (Å²) in [6, 6.07) is 0. The Morgan fingerprint density at radius 3 is 2.60 bits per heavy atom. The minimum atomic E-state index is -1.67. The van der Waals surface area contributed by atoms with E-state index < -0.39 is 47.0 Å². The van der Waals surface area contributed by atoms with Crippen molar-refractivity contribution in [3.8, 4) is 0 Å². The maximum absolute atomic E-state index is 12.5. The predicted octanol–water partition coefficient (Wildman–Crippen LogP) is 1.32. The molecular weight excluding hydrogens is 388 g/mol. The Balaban J connectivity index is 1.79. The van der Waals surface area contributed by atoms with Gasteiger partial charge in [0.15, 0.2) is 11.6 Å². The molecule has 3 N–H and O–H groups in total. The maximum atomic E-state index is 12.5. The second-order valence-corrected chi connectivity index (χ2v) is 10.3. The largest absolute Gasteiger partial charge is 0.458 e. The number of aliphatic hydroxyl groups excluding tert-OH is 2. The van der Waals surface area contributed by atoms with Gasteiger partial charge in [-0.05, 0) is 66.9 Å². The van der Waals surface area contributed by atoms with E-state index in [0.717, 1.165) is 5.57 Å². The molecule has 166 valence electrons. The Morgan fingerprint density at radius 2 is 1.97 bits per heavy atom. The summed E-state index contributed by atoms with van der Waals surface area (Å²) in [6.07, 6.45) is 2.83. The van der Waals surface area contributed by atoms with Crippen LogP contribution in [-0.2, 0) is 19.1 Å². The minimum Gasteiger partial charge on any atom is -0.458 e. The van der Waals surface area contributed by atoms with Crippen LogP contribution in [0.15, 0.2) is 11.6 Å². The van der Waals surface area contributed by atoms with Crippen LogP contribution >= 0.6 is 0 Å². The Kier molecular flexibility index (Phi) is 5.03. The molecule has 7 heteroatoms. The van der Waals surface area contributed by atoms with Crippen LogP contribution in [-0.4, -0.2) is 57.3 Å². The fraction of sp³-hybridized carbons (Fsp3) is 0.783. The number of ketones is 2. The van der Waals surface area contributed by atoms with Crippen LogP contribution in [0.4, 0.5) is 0 Å². The number of carbonyl (C=O) groups is 3. The molecule has 7 nitrogen and oxygen atoms in total. The molecule has 4 rings (SSSR count). The van der Waals surface area contributed by atoms with Crippen LogP contribution in [0, 0.1) is 28.6 Å². The van der Waals surface area contributed by atoms with Crippen molar-refractivity contribution < 1.29 is 34.4 Å². The van der Waals surface area contributed by atoms with Crippen molar-refractivity contribution in [2.45, 2.75) is 77.1 Å². The van der Waals surface area contributed by atoms with E-state index in [1.165, 1.54) is 6.92 Å². The molecule has 1 unspecified atom stereocenters. The van der Waals surface area contributed by atoms with Crippen molar-refractivity contribution in [3.05, 3.63) is 11.6 Å². The number of aliphatic hydroxyl groups is 3. The van der Waals surface area contributed by atoms with Gasteiger partial charge in [-0.2, -0.15) is 0 Å². The lowest BCUT2D eigenvalue weighted by Gasteiger charge is -2.61. The highest BCUT2D eigenvalue weighted by Gasteiger charge is 2.69. The summed E-state index contributed by atoms with van der Waals surface area (Å²) >= 11 is 0. The van der Waals surface area contributed by atoms with E-state index in [-0.39, 0.29) is 36.4 Å². The molecule has 0 aromatic heterocycles. The first-order valence-corrected chi connectivity index (χ1v) is 10.9. The molecule has 0 bridgehead atoms. The Hall–Kier alpha value is -1.57. The summed E-state index contributed by atoms with van der Waals surface area (Å²) in [5, 5.41) is 32.1. The molecule has 0 amide bonds. The van der Waals surface area contributed by atoms with Crippen molar-refractivity contribution in [1.82, 2.24) is 0 Å². The number of fused-ring (bicyclic) bond motifs is 5. The second kappa shape index (κ2) is 6.97. The summed E-state index contributed by atoms with van der Waals surface area (Å²) in [5.41, 5.74) is -2.23. The van der Waals surface area contributed by atoms with Crippen molar-refractivity contribution in [2.24, 2.45) is 28.6 Å². The van der Waals surface area contributed by atoms with Gasteiger partial charge < -0.3 is 20.1 Å². The molecule has 3 fully saturated rings. The van der Waals surface area contributed by atoms with Gasteiger partial charge in [0.25, 0.3) is 0 Å². The Labute approximate surface area is 176 Å². The summed E-state index contributed by atoms with van der Waals surface area (Å²) in [4.78, 5) is 36.5. The highest BCUT2D eigenvalue weighted by atomic mass is 16.5. The molecule has 3 saturated carbocycles. The van der Waals surface area contributed by atoms with E-state index in [2.05, 4.69) is 0 Å². The van der Waals surface area contributed by atoms with E-state index in [1.807, 2.05) is 13.8 Å². The normalized spacial score (nSPS) is 47.6. The topological polar surface area (TPSA) is 121 Å². The fourth-order valence-electron chi connectivity index (χ4n) is 7.62. The van der Waals surface area contributed by atoms with Gasteiger partial charge >= 0.3 is 5.97 Å². The van der Waals surface area contributed by atoms with Crippen molar-refractivity contribution in [3.63, 3.8) is 0 Å². The second-order valence-electron chi connectivity index (χ2n) is 10.3. The summed E-state index contributed by atoms with van der Waals surface area (Å²) in [7, 11) is 0. The highest BCUT2D eigenvalue weighted by Crippen LogP contribution is 2.67. The number of hydrogen-bond donors (Lipinski definition) is 3. The molecule has 8 atom stereocenters. The molecule has 0 aliphatic heterocycles. The molecule has 0 aromatic rings. The standard InChI is InChI=1S/C23H32O7/c1-12(25)30-18-9-14-15-5-7-23(29,19(28)11-24)22(15,3)10-17(27)20(14)21(2)6-4-13(26)8-16(18)21/h8,14-15,17-18,20,24,27,29H,4-7,9-11H2,1-3H3/t14-,15-,17-,18?,20+,21-,22-,23-/m0/s1. The molecule has 0 heterocycles. The van der Waals surface area contributed by atoms with Gasteiger partial charge in [0.05, 0.1) is 6.10 Å². The van der Waals surface area contributed by atoms with Gasteiger partial charge in [-0.15, -0.1) is 0 Å². The third-order valence-corrected chi connectivity index (χ3v) is 8.95. The molecule has 0 radical (unpaired) electrons. The molecule has 30 heavy (non-hydrogen) atoms. The monoisotopic (exact) mass is 420 g/mol. The van der Waals surface area contributed by atoms with Gasteiger partial charge in [-0.3, -0.25) is 14.4 Å².